The standard InChI is InChI=1S/C22H19NO2/c24-22(23-14-12-19-13-15-25-21(19)16-23)20-10-8-18(9-11-20)7-6-17-4-2-1-3-5-17/h1-11,13,15H,12,14,16H2/b7-6+. The first-order chi connectivity index (χ1) is 12.3. The Labute approximate surface area is 147 Å². The first-order valence-corrected chi connectivity index (χ1v) is 8.47. The van der Waals surface area contributed by atoms with Crippen molar-refractivity contribution in [2.75, 3.05) is 6.54 Å². The molecule has 0 atom stereocenters. The SMILES string of the molecule is O=C(c1ccc(/C=C/c2ccccc2)cc1)N1CCc2ccoc2C1. The maximum Gasteiger partial charge on any atom is 0.254 e. The first kappa shape index (κ1) is 15.5. The van der Waals surface area contributed by atoms with Crippen LogP contribution >= 0.6 is 0 Å². The molecule has 2 aromatic carbocycles. The molecule has 0 aliphatic carbocycles. The molecule has 0 unspecified atom stereocenters. The minimum atomic E-state index is 0.0561. The Hall–Kier alpha value is -3.07. The van der Waals surface area contributed by atoms with Gasteiger partial charge >= 0.3 is 0 Å². The van der Waals surface area contributed by atoms with E-state index < -0.39 is 0 Å². The second kappa shape index (κ2) is 6.81. The van der Waals surface area contributed by atoms with Crippen LogP contribution in [0.3, 0.4) is 0 Å². The van der Waals surface area contributed by atoms with Gasteiger partial charge in [0, 0.05) is 12.1 Å². The van der Waals surface area contributed by atoms with Crippen molar-refractivity contribution < 1.29 is 9.21 Å². The third kappa shape index (κ3) is 3.41. The quantitative estimate of drug-likeness (QED) is 0.655. The van der Waals surface area contributed by atoms with E-state index in [1.54, 1.807) is 6.26 Å². The Kier molecular flexibility index (Phi) is 4.21. The van der Waals surface area contributed by atoms with Gasteiger partial charge in [0.2, 0.25) is 0 Å². The van der Waals surface area contributed by atoms with E-state index in [-0.39, 0.29) is 5.91 Å². The minimum Gasteiger partial charge on any atom is -0.467 e. The van der Waals surface area contributed by atoms with E-state index in [0.29, 0.717) is 12.1 Å². The molecule has 0 N–H and O–H groups in total. The molecule has 0 saturated heterocycles. The van der Waals surface area contributed by atoms with Crippen LogP contribution in [0.1, 0.15) is 32.8 Å². The Morgan fingerprint density at radius 2 is 1.64 bits per heavy atom. The van der Waals surface area contributed by atoms with Gasteiger partial charge in [-0.2, -0.15) is 0 Å². The molecule has 0 bridgehead atoms. The lowest BCUT2D eigenvalue weighted by Gasteiger charge is -2.26. The Morgan fingerprint density at radius 1 is 0.920 bits per heavy atom. The van der Waals surface area contributed by atoms with Gasteiger partial charge in [-0.25, -0.2) is 0 Å². The number of carbonyl (C=O) groups excluding carboxylic acids is 1. The van der Waals surface area contributed by atoms with Gasteiger partial charge in [-0.1, -0.05) is 54.6 Å². The molecule has 0 spiro atoms. The lowest BCUT2D eigenvalue weighted by atomic mass is 10.1. The second-order valence-electron chi connectivity index (χ2n) is 6.21. The summed E-state index contributed by atoms with van der Waals surface area (Å²) in [5.41, 5.74) is 4.16. The van der Waals surface area contributed by atoms with Crippen molar-refractivity contribution in [1.82, 2.24) is 4.90 Å². The average molecular weight is 329 g/mol. The van der Waals surface area contributed by atoms with Crippen molar-refractivity contribution >= 4 is 18.1 Å². The van der Waals surface area contributed by atoms with Crippen LogP contribution in [0.5, 0.6) is 0 Å². The van der Waals surface area contributed by atoms with Crippen LogP contribution in [0.15, 0.2) is 71.3 Å². The number of fused-ring (bicyclic) bond motifs is 1. The van der Waals surface area contributed by atoms with Gasteiger partial charge in [0.25, 0.3) is 5.91 Å². The van der Waals surface area contributed by atoms with Crippen molar-refractivity contribution in [3.63, 3.8) is 0 Å². The minimum absolute atomic E-state index is 0.0561. The highest BCUT2D eigenvalue weighted by molar-refractivity contribution is 5.94. The van der Waals surface area contributed by atoms with E-state index in [1.807, 2.05) is 53.4 Å². The van der Waals surface area contributed by atoms with Crippen molar-refractivity contribution in [1.29, 1.82) is 0 Å². The largest absolute Gasteiger partial charge is 0.467 e. The number of nitrogens with zero attached hydrogens (tertiary/aromatic N) is 1. The highest BCUT2D eigenvalue weighted by Gasteiger charge is 2.23. The number of hydrogen-bond acceptors (Lipinski definition) is 2. The highest BCUT2D eigenvalue weighted by Crippen LogP contribution is 2.21. The maximum absolute atomic E-state index is 12.7. The van der Waals surface area contributed by atoms with Gasteiger partial charge in [0.1, 0.15) is 5.76 Å². The van der Waals surface area contributed by atoms with E-state index in [1.165, 1.54) is 5.56 Å². The fourth-order valence-corrected chi connectivity index (χ4v) is 3.09. The normalized spacial score (nSPS) is 13.8. The van der Waals surface area contributed by atoms with E-state index in [0.717, 1.165) is 29.9 Å². The number of hydrogen-bond donors (Lipinski definition) is 0. The molecule has 4 rings (SSSR count). The summed E-state index contributed by atoms with van der Waals surface area (Å²) in [6, 6.07) is 19.9. The van der Waals surface area contributed by atoms with E-state index in [9.17, 15) is 4.79 Å². The van der Waals surface area contributed by atoms with Crippen LogP contribution in [0.4, 0.5) is 0 Å². The number of benzene rings is 2. The third-order valence-electron chi connectivity index (χ3n) is 4.54. The molecule has 3 nitrogen and oxygen atoms in total. The topological polar surface area (TPSA) is 33.5 Å². The lowest BCUT2D eigenvalue weighted by Crippen LogP contribution is -2.35. The number of furan rings is 1. The van der Waals surface area contributed by atoms with E-state index in [4.69, 9.17) is 4.42 Å². The average Bonchev–Trinajstić information content (AvgIpc) is 3.15. The summed E-state index contributed by atoms with van der Waals surface area (Å²) >= 11 is 0. The van der Waals surface area contributed by atoms with Crippen LogP contribution in [0, 0.1) is 0 Å². The molecular formula is C22H19NO2. The van der Waals surface area contributed by atoms with E-state index >= 15 is 0 Å². The molecule has 124 valence electrons. The molecule has 1 amide bonds. The molecule has 25 heavy (non-hydrogen) atoms. The molecule has 1 aromatic heterocycles. The monoisotopic (exact) mass is 329 g/mol. The fraction of sp³-hybridized carbons (Fsp3) is 0.136. The van der Waals surface area contributed by atoms with Crippen molar-refractivity contribution in [3.8, 4) is 0 Å². The predicted octanol–water partition coefficient (Wildman–Crippen LogP) is 4.65. The molecule has 0 fully saturated rings. The molecule has 2 heterocycles. The first-order valence-electron chi connectivity index (χ1n) is 8.47. The van der Waals surface area contributed by atoms with Gasteiger partial charge in [0.15, 0.2) is 0 Å². The summed E-state index contributed by atoms with van der Waals surface area (Å²) in [6.07, 6.45) is 6.68. The number of rotatable bonds is 3. The van der Waals surface area contributed by atoms with Gasteiger partial charge in [-0.05, 0) is 41.3 Å². The van der Waals surface area contributed by atoms with Gasteiger partial charge in [0.05, 0.1) is 12.8 Å². The summed E-state index contributed by atoms with van der Waals surface area (Å²) in [6.45, 7) is 1.29. The van der Waals surface area contributed by atoms with Gasteiger partial charge in [-0.3, -0.25) is 4.79 Å². The summed E-state index contributed by atoms with van der Waals surface area (Å²) in [5.74, 6) is 0.961. The molecule has 1 aliphatic rings. The molecule has 3 aromatic rings. The summed E-state index contributed by atoms with van der Waals surface area (Å²) in [5, 5.41) is 0. The highest BCUT2D eigenvalue weighted by atomic mass is 16.3. The van der Waals surface area contributed by atoms with E-state index in [2.05, 4.69) is 24.3 Å². The molecule has 0 saturated carbocycles. The van der Waals surface area contributed by atoms with Gasteiger partial charge < -0.3 is 9.32 Å². The zero-order chi connectivity index (χ0) is 17.1. The summed E-state index contributed by atoms with van der Waals surface area (Å²) in [4.78, 5) is 14.5. The smallest absolute Gasteiger partial charge is 0.254 e. The van der Waals surface area contributed by atoms with Gasteiger partial charge in [-0.15, -0.1) is 0 Å². The zero-order valence-electron chi connectivity index (χ0n) is 13.9. The van der Waals surface area contributed by atoms with Crippen LogP contribution in [-0.2, 0) is 13.0 Å². The number of amides is 1. The van der Waals surface area contributed by atoms with Crippen molar-refractivity contribution in [3.05, 3.63) is 94.9 Å². The lowest BCUT2D eigenvalue weighted by molar-refractivity contribution is 0.0720. The Morgan fingerprint density at radius 3 is 2.40 bits per heavy atom. The Bertz CT molecular complexity index is 891. The van der Waals surface area contributed by atoms with Crippen LogP contribution < -0.4 is 0 Å². The van der Waals surface area contributed by atoms with Crippen LogP contribution in [0.2, 0.25) is 0 Å². The van der Waals surface area contributed by atoms with Crippen molar-refractivity contribution in [2.45, 2.75) is 13.0 Å². The maximum atomic E-state index is 12.7. The Balaban J connectivity index is 1.45. The summed E-state index contributed by atoms with van der Waals surface area (Å²) < 4.78 is 5.46. The molecule has 0 radical (unpaired) electrons. The third-order valence-corrected chi connectivity index (χ3v) is 4.54. The summed E-state index contributed by atoms with van der Waals surface area (Å²) in [7, 11) is 0. The second-order valence-corrected chi connectivity index (χ2v) is 6.21. The van der Waals surface area contributed by atoms with Crippen molar-refractivity contribution in [2.24, 2.45) is 0 Å². The van der Waals surface area contributed by atoms with Crippen LogP contribution in [-0.4, -0.2) is 17.4 Å². The molecule has 1 aliphatic heterocycles. The predicted molar refractivity (Wildman–Crippen MR) is 99.0 cm³/mol. The fourth-order valence-electron chi connectivity index (χ4n) is 3.09. The van der Waals surface area contributed by atoms with Crippen LogP contribution in [0.25, 0.3) is 12.2 Å². The molecule has 3 heteroatoms. The zero-order valence-corrected chi connectivity index (χ0v) is 13.9. The molecular weight excluding hydrogens is 310 g/mol. The number of carbonyl (C=O) groups is 1.